The predicted octanol–water partition coefficient (Wildman–Crippen LogP) is 4.34. The van der Waals surface area contributed by atoms with E-state index in [-0.39, 0.29) is 46.5 Å². The third-order valence-corrected chi connectivity index (χ3v) is 8.18. The number of nitrogens with one attached hydrogen (secondary N) is 2. The van der Waals surface area contributed by atoms with Gasteiger partial charge >= 0.3 is 0 Å². The third kappa shape index (κ3) is 7.11. The minimum absolute atomic E-state index is 0.00331. The summed E-state index contributed by atoms with van der Waals surface area (Å²) in [7, 11) is -3.74. The van der Waals surface area contributed by atoms with E-state index in [0.29, 0.717) is 24.1 Å². The van der Waals surface area contributed by atoms with Crippen molar-refractivity contribution in [2.24, 2.45) is 5.73 Å². The molecule has 13 heteroatoms. The van der Waals surface area contributed by atoms with Gasteiger partial charge in [-0.05, 0) is 79.4 Å². The number of nitrogens with two attached hydrogens (primary N) is 1. The van der Waals surface area contributed by atoms with Crippen LogP contribution < -0.4 is 21.1 Å². The smallest absolute Gasteiger partial charge is 0.250 e. The Morgan fingerprint density at radius 1 is 1.07 bits per heavy atom. The van der Waals surface area contributed by atoms with Gasteiger partial charge in [-0.15, -0.1) is 0 Å². The Kier molecular flexibility index (Phi) is 9.34. The van der Waals surface area contributed by atoms with Crippen molar-refractivity contribution in [3.05, 3.63) is 82.9 Å². The molecule has 3 aromatic carbocycles. The molecule has 228 valence electrons. The zero-order valence-electron chi connectivity index (χ0n) is 23.8. The van der Waals surface area contributed by atoms with E-state index in [4.69, 9.17) is 10.5 Å². The Bertz CT molecular complexity index is 1680. The lowest BCUT2D eigenvalue weighted by molar-refractivity contribution is -0.133. The number of amides is 3. The highest BCUT2D eigenvalue weighted by atomic mass is 32.2. The van der Waals surface area contributed by atoms with Crippen molar-refractivity contribution in [2.45, 2.75) is 43.7 Å². The molecule has 1 heterocycles. The molecule has 1 aliphatic rings. The second-order valence-electron chi connectivity index (χ2n) is 10.2. The molecule has 2 atom stereocenters. The van der Waals surface area contributed by atoms with Gasteiger partial charge in [-0.2, -0.15) is 0 Å². The molecular weight excluding hydrogens is 582 g/mol. The van der Waals surface area contributed by atoms with Crippen LogP contribution in [0.25, 0.3) is 0 Å². The Morgan fingerprint density at radius 3 is 2.44 bits per heavy atom. The number of hydrogen-bond acceptors (Lipinski definition) is 7. The number of nitrogens with zero attached hydrogens (tertiary/aromatic N) is 1. The third-order valence-electron chi connectivity index (χ3n) is 7.01. The molecule has 3 amide bonds. The van der Waals surface area contributed by atoms with Crippen molar-refractivity contribution < 1.29 is 36.3 Å². The van der Waals surface area contributed by atoms with Crippen LogP contribution >= 0.6 is 0 Å². The van der Waals surface area contributed by atoms with Gasteiger partial charge in [-0.25, -0.2) is 17.2 Å². The van der Waals surface area contributed by atoms with Crippen molar-refractivity contribution in [1.82, 2.24) is 4.90 Å². The van der Waals surface area contributed by atoms with Gasteiger partial charge in [0.05, 0.1) is 23.2 Å². The molecule has 0 bridgehead atoms. The van der Waals surface area contributed by atoms with Gasteiger partial charge in [-0.3, -0.25) is 14.4 Å². The van der Waals surface area contributed by atoms with Crippen molar-refractivity contribution in [1.29, 1.82) is 0 Å². The molecule has 10 nitrogen and oxygen atoms in total. The Balaban J connectivity index is 1.82. The zero-order valence-corrected chi connectivity index (χ0v) is 24.6. The number of benzene rings is 3. The number of ether oxygens (including phenoxy) is 1. The first-order valence-electron chi connectivity index (χ1n) is 13.5. The van der Waals surface area contributed by atoms with E-state index in [1.54, 1.807) is 6.92 Å². The maximum Gasteiger partial charge on any atom is 0.250 e. The highest BCUT2D eigenvalue weighted by Crippen LogP contribution is 2.39. The van der Waals surface area contributed by atoms with Crippen LogP contribution in [-0.4, -0.2) is 50.4 Å². The first kappa shape index (κ1) is 31.4. The van der Waals surface area contributed by atoms with E-state index < -0.39 is 45.4 Å². The normalized spacial score (nSPS) is 15.6. The summed E-state index contributed by atoms with van der Waals surface area (Å²) in [5, 5.41) is 5.49. The summed E-state index contributed by atoms with van der Waals surface area (Å²) in [4.78, 5) is 39.3. The Morgan fingerprint density at radius 2 is 1.79 bits per heavy atom. The number of anilines is 2. The number of likely N-dealkylation sites (tertiary alicyclic amines) is 1. The van der Waals surface area contributed by atoms with Crippen molar-refractivity contribution in [2.75, 3.05) is 30.0 Å². The maximum absolute atomic E-state index is 15.0. The van der Waals surface area contributed by atoms with Crippen LogP contribution in [0.15, 0.2) is 59.5 Å². The van der Waals surface area contributed by atoms with E-state index in [1.807, 2.05) is 0 Å². The lowest BCUT2D eigenvalue weighted by atomic mass is 10.0. The van der Waals surface area contributed by atoms with Gasteiger partial charge in [0.2, 0.25) is 17.7 Å². The molecule has 1 aliphatic heterocycles. The van der Waals surface area contributed by atoms with Gasteiger partial charge in [0, 0.05) is 31.0 Å². The minimum Gasteiger partial charge on any atom is -0.491 e. The summed E-state index contributed by atoms with van der Waals surface area (Å²) in [6.45, 7) is 3.37. The Hall–Kier alpha value is -4.52. The highest BCUT2D eigenvalue weighted by molar-refractivity contribution is 7.90. The average Bonchev–Trinajstić information content (AvgIpc) is 3.42. The summed E-state index contributed by atoms with van der Waals surface area (Å²) in [6.07, 6.45) is 1.98. The summed E-state index contributed by atoms with van der Waals surface area (Å²) >= 11 is 0. The van der Waals surface area contributed by atoms with E-state index in [0.717, 1.165) is 18.4 Å². The second kappa shape index (κ2) is 12.8. The molecule has 1 fully saturated rings. The molecule has 0 spiro atoms. The monoisotopic (exact) mass is 614 g/mol. The van der Waals surface area contributed by atoms with Gasteiger partial charge in [0.1, 0.15) is 11.9 Å². The van der Waals surface area contributed by atoms with Crippen molar-refractivity contribution in [3.63, 3.8) is 0 Å². The number of carbonyl (C=O) groups is 3. The Labute approximate surface area is 248 Å². The van der Waals surface area contributed by atoms with E-state index >= 15 is 0 Å². The number of sulfone groups is 1. The molecule has 43 heavy (non-hydrogen) atoms. The summed E-state index contributed by atoms with van der Waals surface area (Å²) in [5.41, 5.74) is 6.08. The largest absolute Gasteiger partial charge is 0.491 e. The summed E-state index contributed by atoms with van der Waals surface area (Å²) in [5.74, 6) is -3.28. The fourth-order valence-corrected chi connectivity index (χ4v) is 6.08. The molecule has 0 aliphatic carbocycles. The van der Waals surface area contributed by atoms with Crippen LogP contribution in [0, 0.1) is 11.6 Å². The molecule has 1 saturated heterocycles. The quantitative estimate of drug-likeness (QED) is 0.308. The van der Waals surface area contributed by atoms with Crippen molar-refractivity contribution in [3.8, 4) is 5.75 Å². The van der Waals surface area contributed by atoms with Crippen LogP contribution in [0.5, 0.6) is 5.75 Å². The first-order chi connectivity index (χ1) is 20.3. The van der Waals surface area contributed by atoms with Crippen LogP contribution in [0.3, 0.4) is 0 Å². The van der Waals surface area contributed by atoms with E-state index in [9.17, 15) is 31.6 Å². The number of hydrogen-bond donors (Lipinski definition) is 3. The van der Waals surface area contributed by atoms with Gasteiger partial charge in [0.15, 0.2) is 21.4 Å². The number of carbonyl (C=O) groups excluding carboxylic acids is 3. The molecule has 0 saturated carbocycles. The fourth-order valence-electron chi connectivity index (χ4n) is 5.15. The first-order valence-corrected chi connectivity index (χ1v) is 15.4. The number of halogens is 2. The van der Waals surface area contributed by atoms with Crippen LogP contribution in [0.4, 0.5) is 20.2 Å². The molecule has 0 aromatic heterocycles. The van der Waals surface area contributed by atoms with Gasteiger partial charge in [-0.1, -0.05) is 6.07 Å². The second-order valence-corrected chi connectivity index (χ2v) is 12.1. The van der Waals surface area contributed by atoms with Crippen LogP contribution in [0.2, 0.25) is 0 Å². The maximum atomic E-state index is 15.0. The minimum atomic E-state index is -3.74. The molecule has 0 unspecified atom stereocenters. The summed E-state index contributed by atoms with van der Waals surface area (Å²) < 4.78 is 60.3. The van der Waals surface area contributed by atoms with E-state index in [1.165, 1.54) is 54.3 Å². The van der Waals surface area contributed by atoms with Crippen LogP contribution in [0.1, 0.15) is 60.3 Å². The number of rotatable bonds is 10. The van der Waals surface area contributed by atoms with Gasteiger partial charge in [0.25, 0.3) is 0 Å². The van der Waals surface area contributed by atoms with Gasteiger partial charge < -0.3 is 26.0 Å². The predicted molar refractivity (Wildman–Crippen MR) is 156 cm³/mol. The summed E-state index contributed by atoms with van der Waals surface area (Å²) in [6, 6.07) is 9.56. The average molecular weight is 615 g/mol. The highest BCUT2D eigenvalue weighted by Gasteiger charge is 2.37. The fraction of sp³-hybridized carbons (Fsp3) is 0.300. The van der Waals surface area contributed by atoms with Crippen LogP contribution in [-0.2, 0) is 19.4 Å². The molecule has 4 N–H and O–H groups in total. The zero-order chi connectivity index (χ0) is 31.5. The molecule has 0 radical (unpaired) electrons. The standard InChI is InChI=1S/C30H32F2N4O6S/c1-4-42-26-15-18(7-11-23(26)32)28(35-24-14-19(29(33)38)8-10-22(24)31)30(39)36-13-5-6-25(36)21-16-20(34-17(2)37)9-12-27(21)43(3,40)41/h7-12,14-16,25,28,35H,4-6,13H2,1-3H3,(H2,33,38)(H,34,37)/t25-,28+/m1/s1. The lowest BCUT2D eigenvalue weighted by Crippen LogP contribution is -2.38. The number of primary amides is 1. The molecule has 4 rings (SSSR count). The lowest BCUT2D eigenvalue weighted by Gasteiger charge is -2.31. The van der Waals surface area contributed by atoms with E-state index in [2.05, 4.69) is 10.6 Å². The molecule has 3 aromatic rings. The van der Waals surface area contributed by atoms with Crippen molar-refractivity contribution >= 4 is 38.9 Å². The topological polar surface area (TPSA) is 148 Å². The SMILES string of the molecule is CCOc1cc([C@H](Nc2cc(C(N)=O)ccc2F)C(=O)N2CCC[C@@H]2c2cc(NC(C)=O)ccc2S(C)(=O)=O)ccc1F. The molecular formula is C30H32F2N4O6S.